The highest BCUT2D eigenvalue weighted by atomic mass is 16.3. The lowest BCUT2D eigenvalue weighted by Crippen LogP contribution is -2.32. The van der Waals surface area contributed by atoms with E-state index >= 15 is 0 Å². The zero-order chi connectivity index (χ0) is 14.0. The summed E-state index contributed by atoms with van der Waals surface area (Å²) in [5.41, 5.74) is 1.74. The van der Waals surface area contributed by atoms with E-state index in [0.717, 1.165) is 37.3 Å². The summed E-state index contributed by atoms with van der Waals surface area (Å²) >= 11 is 0. The van der Waals surface area contributed by atoms with Crippen LogP contribution in [0.15, 0.2) is 12.1 Å². The van der Waals surface area contributed by atoms with E-state index in [4.69, 9.17) is 0 Å². The monoisotopic (exact) mass is 264 g/mol. The molecule has 1 aromatic heterocycles. The molecule has 106 valence electrons. The molecule has 0 aromatic carbocycles. The molecule has 0 aliphatic carbocycles. The van der Waals surface area contributed by atoms with Gasteiger partial charge in [-0.25, -0.2) is 0 Å². The maximum Gasteiger partial charge on any atom is 0.138 e. The van der Waals surface area contributed by atoms with Crippen LogP contribution < -0.4 is 0 Å². The molecule has 4 heteroatoms. The van der Waals surface area contributed by atoms with E-state index in [0.29, 0.717) is 6.54 Å². The number of rotatable bonds is 2. The minimum absolute atomic E-state index is 0.0926. The number of likely N-dealkylation sites (tertiary alicyclic amines) is 1. The molecule has 0 amide bonds. The van der Waals surface area contributed by atoms with Gasteiger partial charge in [-0.2, -0.15) is 0 Å². The fourth-order valence-corrected chi connectivity index (χ4v) is 2.89. The van der Waals surface area contributed by atoms with Crippen LogP contribution >= 0.6 is 0 Å². The molecule has 4 nitrogen and oxygen atoms in total. The largest absolute Gasteiger partial charge is 0.506 e. The topological polar surface area (TPSA) is 56.6 Å². The van der Waals surface area contributed by atoms with Crippen molar-refractivity contribution in [2.24, 2.45) is 5.41 Å². The zero-order valence-electron chi connectivity index (χ0n) is 12.1. The fraction of sp³-hybridized carbons (Fsp3) is 0.667. The Bertz CT molecular complexity index is 446. The van der Waals surface area contributed by atoms with Crippen molar-refractivity contribution >= 4 is 0 Å². The molecule has 1 aromatic rings. The maximum atomic E-state index is 9.92. The Kier molecular flexibility index (Phi) is 4.11. The SMILES string of the molecule is Cc1ccc(O)c(CN2CCC(O)CC(C)(C)C2)n1. The molecule has 0 bridgehead atoms. The van der Waals surface area contributed by atoms with Gasteiger partial charge in [0, 0.05) is 25.3 Å². The quantitative estimate of drug-likeness (QED) is 0.858. The van der Waals surface area contributed by atoms with Gasteiger partial charge in [0.15, 0.2) is 0 Å². The lowest BCUT2D eigenvalue weighted by atomic mass is 9.87. The van der Waals surface area contributed by atoms with Gasteiger partial charge in [0.2, 0.25) is 0 Å². The third-order valence-electron chi connectivity index (χ3n) is 3.68. The van der Waals surface area contributed by atoms with E-state index in [1.807, 2.05) is 13.0 Å². The molecule has 2 heterocycles. The summed E-state index contributed by atoms with van der Waals surface area (Å²) in [6, 6.07) is 3.52. The molecule has 2 rings (SSSR count). The Balaban J connectivity index is 2.11. The minimum Gasteiger partial charge on any atom is -0.506 e. The van der Waals surface area contributed by atoms with E-state index in [2.05, 4.69) is 23.7 Å². The van der Waals surface area contributed by atoms with Gasteiger partial charge < -0.3 is 10.2 Å². The summed E-state index contributed by atoms with van der Waals surface area (Å²) in [6.07, 6.45) is 1.39. The number of aliphatic hydroxyl groups excluding tert-OH is 1. The molecule has 0 spiro atoms. The second-order valence-corrected chi connectivity index (χ2v) is 6.44. The summed E-state index contributed by atoms with van der Waals surface area (Å²) in [6.45, 7) is 8.69. The van der Waals surface area contributed by atoms with Gasteiger partial charge in [0.25, 0.3) is 0 Å². The molecule has 0 saturated carbocycles. The molecule has 1 aliphatic heterocycles. The van der Waals surface area contributed by atoms with E-state index in [1.54, 1.807) is 6.07 Å². The Morgan fingerprint density at radius 2 is 2.16 bits per heavy atom. The fourth-order valence-electron chi connectivity index (χ4n) is 2.89. The van der Waals surface area contributed by atoms with Crippen LogP contribution in [0.4, 0.5) is 0 Å². The number of aromatic nitrogens is 1. The number of aromatic hydroxyl groups is 1. The molecule has 1 unspecified atom stereocenters. The van der Waals surface area contributed by atoms with E-state index in [9.17, 15) is 10.2 Å². The highest BCUT2D eigenvalue weighted by molar-refractivity contribution is 5.27. The smallest absolute Gasteiger partial charge is 0.138 e. The lowest BCUT2D eigenvalue weighted by Gasteiger charge is -2.29. The van der Waals surface area contributed by atoms with Crippen LogP contribution in [0.5, 0.6) is 5.75 Å². The molecule has 2 N–H and O–H groups in total. The number of hydrogen-bond acceptors (Lipinski definition) is 4. The first kappa shape index (κ1) is 14.3. The summed E-state index contributed by atoms with van der Waals surface area (Å²) in [7, 11) is 0. The van der Waals surface area contributed by atoms with Gasteiger partial charge in [-0.1, -0.05) is 13.8 Å². The second kappa shape index (κ2) is 5.47. The Morgan fingerprint density at radius 3 is 2.89 bits per heavy atom. The molecular weight excluding hydrogens is 240 g/mol. The predicted octanol–water partition coefficient (Wildman–Crippen LogP) is 2.08. The summed E-state index contributed by atoms with van der Waals surface area (Å²) in [4.78, 5) is 6.69. The third-order valence-corrected chi connectivity index (χ3v) is 3.68. The third kappa shape index (κ3) is 3.91. The first-order valence-electron chi connectivity index (χ1n) is 6.92. The lowest BCUT2D eigenvalue weighted by molar-refractivity contribution is 0.121. The highest BCUT2D eigenvalue weighted by Crippen LogP contribution is 2.29. The first-order valence-corrected chi connectivity index (χ1v) is 6.92. The van der Waals surface area contributed by atoms with Crippen LogP contribution in [0.25, 0.3) is 0 Å². The average Bonchev–Trinajstić information content (AvgIpc) is 2.41. The molecule has 1 atom stereocenters. The number of hydrogen-bond donors (Lipinski definition) is 2. The van der Waals surface area contributed by atoms with Gasteiger partial charge in [0.05, 0.1) is 11.8 Å². The van der Waals surface area contributed by atoms with E-state index < -0.39 is 0 Å². The van der Waals surface area contributed by atoms with Crippen molar-refractivity contribution in [2.75, 3.05) is 13.1 Å². The molecular formula is C15H24N2O2. The van der Waals surface area contributed by atoms with E-state index in [-0.39, 0.29) is 17.3 Å². The van der Waals surface area contributed by atoms with Gasteiger partial charge in [-0.15, -0.1) is 0 Å². The number of pyridine rings is 1. The van der Waals surface area contributed by atoms with Crippen LogP contribution in [0.2, 0.25) is 0 Å². The Hall–Kier alpha value is -1.13. The predicted molar refractivity (Wildman–Crippen MR) is 74.9 cm³/mol. The van der Waals surface area contributed by atoms with Crippen LogP contribution in [0, 0.1) is 12.3 Å². The van der Waals surface area contributed by atoms with Gasteiger partial charge >= 0.3 is 0 Å². The van der Waals surface area contributed by atoms with Crippen molar-refractivity contribution in [3.05, 3.63) is 23.5 Å². The van der Waals surface area contributed by atoms with E-state index in [1.165, 1.54) is 0 Å². The molecule has 19 heavy (non-hydrogen) atoms. The summed E-state index contributed by atoms with van der Waals surface area (Å²) < 4.78 is 0. The van der Waals surface area contributed by atoms with Crippen molar-refractivity contribution in [2.45, 2.75) is 46.3 Å². The zero-order valence-corrected chi connectivity index (χ0v) is 12.1. The van der Waals surface area contributed by atoms with Crippen molar-refractivity contribution < 1.29 is 10.2 Å². The average molecular weight is 264 g/mol. The van der Waals surface area contributed by atoms with Gasteiger partial charge in [0.1, 0.15) is 5.75 Å². The van der Waals surface area contributed by atoms with Crippen LogP contribution in [-0.2, 0) is 6.54 Å². The first-order chi connectivity index (χ1) is 8.85. The number of aliphatic hydroxyl groups is 1. The highest BCUT2D eigenvalue weighted by Gasteiger charge is 2.29. The van der Waals surface area contributed by atoms with Crippen molar-refractivity contribution in [1.29, 1.82) is 0 Å². The minimum atomic E-state index is -0.223. The van der Waals surface area contributed by atoms with Crippen LogP contribution in [-0.4, -0.2) is 39.3 Å². The van der Waals surface area contributed by atoms with Crippen LogP contribution in [0.3, 0.4) is 0 Å². The van der Waals surface area contributed by atoms with Crippen molar-refractivity contribution in [3.8, 4) is 5.75 Å². The number of aryl methyl sites for hydroxylation is 1. The summed E-state index contributed by atoms with van der Waals surface area (Å²) in [5, 5.41) is 19.8. The standard InChI is InChI=1S/C15H24N2O2/c1-11-4-5-14(19)13(16-11)9-17-7-6-12(18)8-15(2,3)10-17/h4-5,12,18-19H,6-10H2,1-3H3. The van der Waals surface area contributed by atoms with Gasteiger partial charge in [-0.05, 0) is 37.3 Å². The van der Waals surface area contributed by atoms with Crippen LogP contribution in [0.1, 0.15) is 38.1 Å². The molecule has 1 saturated heterocycles. The van der Waals surface area contributed by atoms with Crippen molar-refractivity contribution in [3.63, 3.8) is 0 Å². The number of nitrogens with zero attached hydrogens (tertiary/aromatic N) is 2. The normalized spacial score (nSPS) is 24.1. The molecule has 1 fully saturated rings. The van der Waals surface area contributed by atoms with Gasteiger partial charge in [-0.3, -0.25) is 9.88 Å². The summed E-state index contributed by atoms with van der Waals surface area (Å²) in [5.74, 6) is 0.258. The molecule has 1 aliphatic rings. The van der Waals surface area contributed by atoms with Crippen molar-refractivity contribution in [1.82, 2.24) is 9.88 Å². The second-order valence-electron chi connectivity index (χ2n) is 6.44. The maximum absolute atomic E-state index is 9.92. The molecule has 0 radical (unpaired) electrons. The Labute approximate surface area is 115 Å². The Morgan fingerprint density at radius 1 is 1.42 bits per heavy atom.